The largest absolute Gasteiger partial charge is 0.463 e. The molecular weight excluding hydrogens is 494 g/mol. The molecule has 0 aliphatic carbocycles. The average Bonchev–Trinajstić information content (AvgIpc) is 3.25. The zero-order chi connectivity index (χ0) is 27.0. The van der Waals surface area contributed by atoms with Crippen molar-refractivity contribution in [2.24, 2.45) is 7.05 Å². The van der Waals surface area contributed by atoms with Crippen molar-refractivity contribution in [2.75, 3.05) is 11.9 Å². The van der Waals surface area contributed by atoms with Crippen LogP contribution in [0.4, 0.5) is 11.5 Å². The van der Waals surface area contributed by atoms with Gasteiger partial charge >= 0.3 is 23.3 Å². The number of para-hydroxylation sites is 1. The molecule has 0 saturated carbocycles. The molecule has 1 N–H and O–H groups in total. The molecule has 0 bridgehead atoms. The van der Waals surface area contributed by atoms with E-state index in [1.165, 1.54) is 29.2 Å². The van der Waals surface area contributed by atoms with Gasteiger partial charge < -0.3 is 24.1 Å². The van der Waals surface area contributed by atoms with Gasteiger partial charge in [0.1, 0.15) is 30.9 Å². The van der Waals surface area contributed by atoms with E-state index in [-0.39, 0.29) is 18.7 Å². The summed E-state index contributed by atoms with van der Waals surface area (Å²) >= 11 is 0. The average molecular weight is 522 g/mol. The summed E-state index contributed by atoms with van der Waals surface area (Å²) in [4.78, 5) is 55.8. The van der Waals surface area contributed by atoms with Crippen LogP contribution in [0.1, 0.15) is 48.8 Å². The van der Waals surface area contributed by atoms with E-state index < -0.39 is 36.1 Å². The Kier molecular flexibility index (Phi) is 6.81. The minimum Gasteiger partial charge on any atom is -0.463 e. The first-order valence-electron chi connectivity index (χ1n) is 12.2. The van der Waals surface area contributed by atoms with Crippen LogP contribution in [-0.4, -0.2) is 49.9 Å². The third kappa shape index (κ3) is 5.21. The summed E-state index contributed by atoms with van der Waals surface area (Å²) < 4.78 is 19.2. The smallest absolute Gasteiger partial charge is 0.349 e. The third-order valence-electron chi connectivity index (χ3n) is 6.54. The first kappa shape index (κ1) is 25.3. The number of rotatable bonds is 6. The monoisotopic (exact) mass is 521 g/mol. The Balaban J connectivity index is 1.39. The van der Waals surface area contributed by atoms with E-state index in [1.54, 1.807) is 19.4 Å². The maximum Gasteiger partial charge on any atom is 0.349 e. The Morgan fingerprint density at radius 3 is 2.71 bits per heavy atom. The minimum absolute atomic E-state index is 0.105. The van der Waals surface area contributed by atoms with Gasteiger partial charge in [-0.25, -0.2) is 14.6 Å². The highest BCUT2D eigenvalue weighted by Crippen LogP contribution is 2.35. The molecule has 3 aromatic rings. The zero-order valence-electron chi connectivity index (χ0n) is 21.2. The Morgan fingerprint density at radius 2 is 1.95 bits per heavy atom. The Morgan fingerprint density at radius 1 is 1.13 bits per heavy atom. The predicted molar refractivity (Wildman–Crippen MR) is 134 cm³/mol. The SMILES string of the molecule is CC(=O)OCC1OC(n2cc(Cc3cccc4c3Nc3nc(=O)n(C)cc3C4)cnc2=O)CC1OC(C)=O. The highest BCUT2D eigenvalue weighted by Gasteiger charge is 2.39. The first-order valence-corrected chi connectivity index (χ1v) is 12.2. The van der Waals surface area contributed by atoms with Gasteiger partial charge in [0.25, 0.3) is 0 Å². The highest BCUT2D eigenvalue weighted by molar-refractivity contribution is 5.72. The van der Waals surface area contributed by atoms with Gasteiger partial charge in [-0.3, -0.25) is 14.2 Å². The van der Waals surface area contributed by atoms with Crippen LogP contribution in [0, 0.1) is 0 Å². The van der Waals surface area contributed by atoms with Crippen molar-refractivity contribution in [1.29, 1.82) is 0 Å². The molecule has 2 aromatic heterocycles. The molecule has 12 nitrogen and oxygen atoms in total. The number of carbonyl (C=O) groups is 2. The molecular formula is C26H27N5O7. The van der Waals surface area contributed by atoms with E-state index in [1.807, 2.05) is 18.2 Å². The third-order valence-corrected chi connectivity index (χ3v) is 6.54. The lowest BCUT2D eigenvalue weighted by molar-refractivity contribution is -0.155. The van der Waals surface area contributed by atoms with E-state index in [2.05, 4.69) is 15.3 Å². The van der Waals surface area contributed by atoms with E-state index in [4.69, 9.17) is 14.2 Å². The van der Waals surface area contributed by atoms with E-state index in [0.717, 1.165) is 27.9 Å². The zero-order valence-corrected chi connectivity index (χ0v) is 21.2. The summed E-state index contributed by atoms with van der Waals surface area (Å²) in [5.74, 6) is -0.454. The molecule has 2 aliphatic heterocycles. The number of anilines is 2. The summed E-state index contributed by atoms with van der Waals surface area (Å²) in [6.07, 6.45) is 4.09. The quantitative estimate of drug-likeness (QED) is 0.369. The van der Waals surface area contributed by atoms with E-state index in [9.17, 15) is 19.2 Å². The molecule has 5 rings (SSSR count). The summed E-state index contributed by atoms with van der Waals surface area (Å²) in [6.45, 7) is 2.45. The number of carbonyl (C=O) groups excluding carboxylic acids is 2. The van der Waals surface area contributed by atoms with E-state index in [0.29, 0.717) is 18.7 Å². The summed E-state index contributed by atoms with van der Waals surface area (Å²) in [7, 11) is 1.67. The molecule has 198 valence electrons. The Hall–Kier alpha value is -4.32. The fourth-order valence-electron chi connectivity index (χ4n) is 4.81. The molecule has 38 heavy (non-hydrogen) atoms. The maximum atomic E-state index is 12.7. The van der Waals surface area contributed by atoms with Crippen LogP contribution < -0.4 is 16.7 Å². The first-order chi connectivity index (χ1) is 18.2. The van der Waals surface area contributed by atoms with Gasteiger partial charge in [0, 0.05) is 70.0 Å². The standard InChI is InChI=1S/C26H27N5O7/c1-14(32)36-13-21-20(37-15(2)33)9-22(38-21)31-11-16(10-27-25(31)34)7-17-5-4-6-18-8-19-12-30(3)26(35)29-24(19)28-23(17)18/h4-6,10-12,20-22H,7-9,13H2,1-3H3,(H,28,29,35). The fraction of sp³-hybridized carbons (Fsp3) is 0.385. The maximum absolute atomic E-state index is 12.7. The Labute approximate surface area is 217 Å². The highest BCUT2D eigenvalue weighted by atomic mass is 16.6. The second kappa shape index (κ2) is 10.2. The molecule has 3 atom stereocenters. The van der Waals surface area contributed by atoms with Gasteiger partial charge in [-0.1, -0.05) is 18.2 Å². The lowest BCUT2D eigenvalue weighted by Crippen LogP contribution is -2.31. The van der Waals surface area contributed by atoms with Gasteiger partial charge in [-0.15, -0.1) is 0 Å². The van der Waals surface area contributed by atoms with Crippen LogP contribution in [0.3, 0.4) is 0 Å². The second-order valence-electron chi connectivity index (χ2n) is 9.41. The summed E-state index contributed by atoms with van der Waals surface area (Å²) in [6, 6.07) is 5.94. The number of nitrogens with one attached hydrogen (secondary N) is 1. The number of hydrogen-bond donors (Lipinski definition) is 1. The fourth-order valence-corrected chi connectivity index (χ4v) is 4.81. The number of aryl methyl sites for hydroxylation is 1. The second-order valence-corrected chi connectivity index (χ2v) is 9.41. The molecule has 1 fully saturated rings. The van der Waals surface area contributed by atoms with Crippen LogP contribution in [0.25, 0.3) is 0 Å². The molecule has 0 amide bonds. The van der Waals surface area contributed by atoms with Gasteiger partial charge in [0.05, 0.1) is 0 Å². The number of benzene rings is 1. The topological polar surface area (TPSA) is 144 Å². The van der Waals surface area contributed by atoms with E-state index >= 15 is 0 Å². The van der Waals surface area contributed by atoms with Crippen molar-refractivity contribution >= 4 is 23.4 Å². The molecule has 3 unspecified atom stereocenters. The number of fused-ring (bicyclic) bond motifs is 2. The van der Waals surface area contributed by atoms with Crippen LogP contribution >= 0.6 is 0 Å². The number of nitrogens with zero attached hydrogens (tertiary/aromatic N) is 4. The molecule has 2 aliphatic rings. The van der Waals surface area contributed by atoms with Crippen LogP contribution in [0.2, 0.25) is 0 Å². The van der Waals surface area contributed by atoms with Gasteiger partial charge in [-0.2, -0.15) is 4.98 Å². The Bertz CT molecular complexity index is 1530. The van der Waals surface area contributed by atoms with Gasteiger partial charge in [0.15, 0.2) is 0 Å². The summed E-state index contributed by atoms with van der Waals surface area (Å²) in [5.41, 5.74) is 3.69. The molecule has 4 heterocycles. The predicted octanol–water partition coefficient (Wildman–Crippen LogP) is 1.36. The van der Waals surface area contributed by atoms with Crippen LogP contribution in [-0.2, 0) is 43.7 Å². The number of aromatic nitrogens is 4. The van der Waals surface area contributed by atoms with Crippen molar-refractivity contribution in [2.45, 2.75) is 51.5 Å². The van der Waals surface area contributed by atoms with Crippen molar-refractivity contribution in [3.63, 3.8) is 0 Å². The van der Waals surface area contributed by atoms with Crippen LogP contribution in [0.5, 0.6) is 0 Å². The number of esters is 2. The minimum atomic E-state index is -0.755. The molecule has 0 radical (unpaired) electrons. The van der Waals surface area contributed by atoms with Crippen molar-refractivity contribution in [3.8, 4) is 0 Å². The lowest BCUT2D eigenvalue weighted by atomic mass is 9.95. The molecule has 12 heteroatoms. The van der Waals surface area contributed by atoms with Crippen molar-refractivity contribution in [1.82, 2.24) is 19.1 Å². The number of ether oxygens (including phenoxy) is 3. The van der Waals surface area contributed by atoms with Gasteiger partial charge in [-0.05, 0) is 16.7 Å². The molecule has 1 aromatic carbocycles. The van der Waals surface area contributed by atoms with Gasteiger partial charge in [0.2, 0.25) is 0 Å². The van der Waals surface area contributed by atoms with Crippen molar-refractivity contribution < 1.29 is 23.8 Å². The normalized spacial score (nSPS) is 19.7. The summed E-state index contributed by atoms with van der Waals surface area (Å²) in [5, 5.41) is 3.30. The molecule has 0 spiro atoms. The van der Waals surface area contributed by atoms with Crippen molar-refractivity contribution in [3.05, 3.63) is 80.0 Å². The lowest BCUT2D eigenvalue weighted by Gasteiger charge is -2.23. The van der Waals surface area contributed by atoms with Crippen LogP contribution in [0.15, 0.2) is 46.4 Å². The number of hydrogen-bond acceptors (Lipinski definition) is 10. The molecule has 1 saturated heterocycles.